The first-order valence-electron chi connectivity index (χ1n) is 7.06. The molecule has 0 bridgehead atoms. The zero-order valence-corrected chi connectivity index (χ0v) is 15.2. The van der Waals surface area contributed by atoms with Crippen LogP contribution in [-0.4, -0.2) is 0 Å². The second-order valence-electron chi connectivity index (χ2n) is 4.76. The van der Waals surface area contributed by atoms with Crippen LogP contribution in [0.25, 0.3) is 0 Å². The van der Waals surface area contributed by atoms with Crippen molar-refractivity contribution in [3.63, 3.8) is 0 Å². The molecule has 25 heavy (non-hydrogen) atoms. The maximum Gasteiger partial charge on any atom is 0.166 e. The van der Waals surface area contributed by atoms with E-state index in [0.717, 1.165) is 5.02 Å². The van der Waals surface area contributed by atoms with Crippen molar-refractivity contribution in [2.24, 2.45) is 0 Å². The summed E-state index contributed by atoms with van der Waals surface area (Å²) in [6, 6.07) is 29.4. The monoisotopic (exact) mass is 396 g/mol. The summed E-state index contributed by atoms with van der Waals surface area (Å²) < 4.78 is 34.0. The molecular weight excluding hydrogens is 383 g/mol. The Hall–Kier alpha value is -1.57. The van der Waals surface area contributed by atoms with Crippen molar-refractivity contribution >= 4 is 22.5 Å². The molecule has 3 aromatic carbocycles. The second kappa shape index (κ2) is 9.22. The summed E-state index contributed by atoms with van der Waals surface area (Å²) in [6.45, 7) is 0. The highest BCUT2D eigenvalue weighted by atomic mass is 35.7. The highest BCUT2D eigenvalue weighted by Gasteiger charge is 2.27. The molecule has 0 saturated carbocycles. The molecule has 3 rings (SSSR count). The molecule has 0 amide bonds. The molecule has 7 heteroatoms. The van der Waals surface area contributed by atoms with Crippen LogP contribution < -0.4 is 18.6 Å². The van der Waals surface area contributed by atoms with Crippen LogP contribution in [0.5, 0.6) is 0 Å². The maximum atomic E-state index is 8.49. The third kappa shape index (κ3) is 7.05. The van der Waals surface area contributed by atoms with Crippen LogP contribution in [0, 0.1) is 10.2 Å². The normalized spacial score (nSPS) is 11.0. The Balaban J connectivity index is 0.000000399. The summed E-state index contributed by atoms with van der Waals surface area (Å²) in [6.07, 6.45) is 0. The van der Waals surface area contributed by atoms with E-state index in [1.165, 1.54) is 14.7 Å². The van der Waals surface area contributed by atoms with Crippen molar-refractivity contribution in [3.05, 3.63) is 90.0 Å². The van der Waals surface area contributed by atoms with Gasteiger partial charge in [0.25, 0.3) is 0 Å². The highest BCUT2D eigenvalue weighted by molar-refractivity contribution is 7.97. The van der Waals surface area contributed by atoms with Crippen LogP contribution in [0.1, 0.15) is 0 Å². The first kappa shape index (κ1) is 19.8. The minimum Gasteiger partial charge on any atom is -0.222 e. The molecular formula is C18H14Cl2O4S. The zero-order valence-electron chi connectivity index (χ0n) is 12.9. The predicted molar refractivity (Wildman–Crippen MR) is 86.5 cm³/mol. The van der Waals surface area contributed by atoms with Gasteiger partial charge in [0.2, 0.25) is 0 Å². The van der Waals surface area contributed by atoms with E-state index in [1.54, 1.807) is 0 Å². The summed E-state index contributed by atoms with van der Waals surface area (Å²) >= 11 is 6.01. The Morgan fingerprint density at radius 2 is 0.880 bits per heavy atom. The Labute approximate surface area is 156 Å². The molecule has 0 saturated heterocycles. The topological polar surface area (TPSA) is 92.2 Å². The Morgan fingerprint density at radius 3 is 1.24 bits per heavy atom. The van der Waals surface area contributed by atoms with E-state index in [9.17, 15) is 0 Å². The average Bonchev–Trinajstić information content (AvgIpc) is 2.57. The fraction of sp³-hybridized carbons (Fsp3) is 0. The number of hydrogen-bond acceptors (Lipinski definition) is 4. The van der Waals surface area contributed by atoms with Gasteiger partial charge in [0, 0.05) is 5.02 Å². The van der Waals surface area contributed by atoms with Gasteiger partial charge < -0.3 is 0 Å². The molecule has 0 aliphatic rings. The zero-order chi connectivity index (χ0) is 18.3. The maximum absolute atomic E-state index is 8.49. The standard InChI is InChI=1S/C18H14ClS.ClHO4/c19-15-11-13-18(14-12-15)20(16-7-3-1-4-8-16)17-9-5-2-6-10-17;2-1(3,4)5/h1-14H;(H,2,3,4,5)/q+1;/p-1. The van der Waals surface area contributed by atoms with Gasteiger partial charge in [-0.25, -0.2) is 18.6 Å². The van der Waals surface area contributed by atoms with Gasteiger partial charge in [0.15, 0.2) is 14.7 Å². The molecule has 0 heterocycles. The summed E-state index contributed by atoms with van der Waals surface area (Å²) in [5, 5.41) is 0.776. The van der Waals surface area contributed by atoms with Crippen LogP contribution in [0.4, 0.5) is 0 Å². The van der Waals surface area contributed by atoms with Gasteiger partial charge in [-0.05, 0) is 48.5 Å². The number of halogens is 2. The molecule has 0 aromatic heterocycles. The minimum atomic E-state index is -4.94. The van der Waals surface area contributed by atoms with E-state index in [2.05, 4.69) is 72.8 Å². The molecule has 0 radical (unpaired) electrons. The van der Waals surface area contributed by atoms with Crippen LogP contribution in [0.3, 0.4) is 0 Å². The smallest absolute Gasteiger partial charge is 0.166 e. The van der Waals surface area contributed by atoms with Gasteiger partial charge in [-0.3, -0.25) is 0 Å². The quantitative estimate of drug-likeness (QED) is 0.608. The fourth-order valence-corrected chi connectivity index (χ4v) is 4.30. The predicted octanol–water partition coefficient (Wildman–Crippen LogP) is 0.679. The van der Waals surface area contributed by atoms with Gasteiger partial charge in [-0.15, -0.1) is 10.2 Å². The number of benzene rings is 3. The van der Waals surface area contributed by atoms with Crippen LogP contribution in [0.2, 0.25) is 5.02 Å². The minimum absolute atomic E-state index is 0.0815. The van der Waals surface area contributed by atoms with Crippen molar-refractivity contribution in [2.75, 3.05) is 0 Å². The van der Waals surface area contributed by atoms with Gasteiger partial charge in [-0.1, -0.05) is 48.0 Å². The van der Waals surface area contributed by atoms with Crippen LogP contribution in [0.15, 0.2) is 99.6 Å². The highest BCUT2D eigenvalue weighted by Crippen LogP contribution is 2.31. The van der Waals surface area contributed by atoms with E-state index < -0.39 is 10.2 Å². The van der Waals surface area contributed by atoms with Crippen molar-refractivity contribution in [2.45, 2.75) is 14.7 Å². The summed E-state index contributed by atoms with van der Waals surface area (Å²) in [5.74, 6) is 0. The largest absolute Gasteiger partial charge is 0.222 e. The van der Waals surface area contributed by atoms with Crippen molar-refractivity contribution in [3.8, 4) is 0 Å². The molecule has 0 aliphatic heterocycles. The second-order valence-corrected chi connectivity index (χ2v) is 7.98. The fourth-order valence-electron chi connectivity index (χ4n) is 2.09. The lowest BCUT2D eigenvalue weighted by Gasteiger charge is -2.17. The van der Waals surface area contributed by atoms with Crippen molar-refractivity contribution < 1.29 is 28.9 Å². The van der Waals surface area contributed by atoms with E-state index in [1.807, 2.05) is 12.1 Å². The van der Waals surface area contributed by atoms with Crippen molar-refractivity contribution in [1.82, 2.24) is 0 Å². The lowest BCUT2D eigenvalue weighted by Crippen LogP contribution is -2.68. The molecule has 0 N–H and O–H groups in total. The molecule has 0 spiro atoms. The van der Waals surface area contributed by atoms with Crippen LogP contribution in [-0.2, 0) is 10.9 Å². The van der Waals surface area contributed by atoms with Crippen LogP contribution >= 0.6 is 11.6 Å². The molecule has 0 atom stereocenters. The lowest BCUT2D eigenvalue weighted by atomic mass is 10.4. The van der Waals surface area contributed by atoms with Gasteiger partial charge in [0.1, 0.15) is 0 Å². The molecule has 3 aromatic rings. The molecule has 0 unspecified atom stereocenters. The Bertz CT molecular complexity index is 717. The number of rotatable bonds is 3. The van der Waals surface area contributed by atoms with Gasteiger partial charge in [-0.2, -0.15) is 0 Å². The molecule has 0 aliphatic carbocycles. The van der Waals surface area contributed by atoms with Gasteiger partial charge in [0.05, 0.1) is 10.9 Å². The van der Waals surface area contributed by atoms with E-state index >= 15 is 0 Å². The Morgan fingerprint density at radius 1 is 0.560 bits per heavy atom. The van der Waals surface area contributed by atoms with E-state index in [4.69, 9.17) is 30.2 Å². The third-order valence-electron chi connectivity index (χ3n) is 3.01. The van der Waals surface area contributed by atoms with E-state index in [0.29, 0.717) is 0 Å². The summed E-state index contributed by atoms with van der Waals surface area (Å²) in [5.41, 5.74) is 0. The van der Waals surface area contributed by atoms with E-state index in [-0.39, 0.29) is 10.9 Å². The SMILES string of the molecule is Clc1ccc([S+](c2ccccc2)c2ccccc2)cc1.[O-][Cl+3]([O-])([O-])[O-]. The Kier molecular flexibility index (Phi) is 7.28. The molecule has 130 valence electrons. The molecule has 4 nitrogen and oxygen atoms in total. The summed E-state index contributed by atoms with van der Waals surface area (Å²) in [4.78, 5) is 3.92. The summed E-state index contributed by atoms with van der Waals surface area (Å²) in [7, 11) is -5.03. The molecule has 0 fully saturated rings. The number of hydrogen-bond donors (Lipinski definition) is 0. The van der Waals surface area contributed by atoms with Crippen molar-refractivity contribution in [1.29, 1.82) is 0 Å². The first-order chi connectivity index (χ1) is 11.8. The average molecular weight is 397 g/mol. The third-order valence-corrected chi connectivity index (χ3v) is 5.49. The lowest BCUT2D eigenvalue weighted by molar-refractivity contribution is -2.00. The van der Waals surface area contributed by atoms with Gasteiger partial charge >= 0.3 is 0 Å². The first-order valence-corrected chi connectivity index (χ1v) is 9.90.